The number of carbonyl (C=O) groups is 1. The van der Waals surface area contributed by atoms with Crippen molar-refractivity contribution in [2.24, 2.45) is 0 Å². The van der Waals surface area contributed by atoms with Gasteiger partial charge in [0.2, 0.25) is 0 Å². The summed E-state index contributed by atoms with van der Waals surface area (Å²) in [5.41, 5.74) is 1.95. The molecule has 2 aliphatic heterocycles. The van der Waals surface area contributed by atoms with Crippen LogP contribution in [0, 0.1) is 5.82 Å². The summed E-state index contributed by atoms with van der Waals surface area (Å²) in [7, 11) is 0. The Morgan fingerprint density at radius 2 is 1.83 bits per heavy atom. The summed E-state index contributed by atoms with van der Waals surface area (Å²) in [6, 6.07) is 4.87. The topological polar surface area (TPSA) is 83.1 Å². The number of benzene rings is 1. The van der Waals surface area contributed by atoms with Crippen molar-refractivity contribution in [2.45, 2.75) is 43.9 Å². The van der Waals surface area contributed by atoms with Crippen LogP contribution in [0.3, 0.4) is 0 Å². The molecule has 1 unspecified atom stereocenters. The predicted octanol–water partition coefficient (Wildman–Crippen LogP) is 4.48. The number of halogens is 4. The minimum Gasteiger partial charge on any atom is -0.406 e. The Bertz CT molecular complexity index is 1200. The third-order valence-electron chi connectivity index (χ3n) is 6.74. The van der Waals surface area contributed by atoms with Gasteiger partial charge in [-0.3, -0.25) is 4.79 Å². The van der Waals surface area contributed by atoms with Gasteiger partial charge >= 0.3 is 6.36 Å². The van der Waals surface area contributed by atoms with Crippen molar-refractivity contribution >= 4 is 17.1 Å². The van der Waals surface area contributed by atoms with E-state index in [9.17, 15) is 22.4 Å². The van der Waals surface area contributed by atoms with Gasteiger partial charge in [0.1, 0.15) is 17.4 Å². The molecule has 2 fully saturated rings. The third-order valence-corrected chi connectivity index (χ3v) is 6.74. The van der Waals surface area contributed by atoms with Gasteiger partial charge in [-0.05, 0) is 62.4 Å². The molecule has 0 radical (unpaired) electrons. The minimum absolute atomic E-state index is 0.107. The minimum atomic E-state index is -4.79. The lowest BCUT2D eigenvalue weighted by Gasteiger charge is -2.32. The van der Waals surface area contributed by atoms with Gasteiger partial charge in [-0.2, -0.15) is 0 Å². The number of amides is 1. The van der Waals surface area contributed by atoms with Crippen molar-refractivity contribution in [1.82, 2.24) is 25.2 Å². The van der Waals surface area contributed by atoms with Crippen molar-refractivity contribution in [3.8, 4) is 5.75 Å². The van der Waals surface area contributed by atoms with E-state index < -0.39 is 6.36 Å². The number of pyridine rings is 1. The molecule has 7 nitrogen and oxygen atoms in total. The van der Waals surface area contributed by atoms with E-state index in [-0.39, 0.29) is 34.9 Å². The zero-order valence-corrected chi connectivity index (χ0v) is 18.9. The standard InChI is InChI=1S/C24H25F4N5O2/c25-18-13-30-22-20(31-21(32-22)16-2-1-9-29-12-16)19(18)14-7-10-33(11-8-14)23(34)15-3-5-17(6-4-15)35-24(26,27)28/h3-6,13-14,16,29H,1-2,7-12H2,(H,30,31,32). The Morgan fingerprint density at radius 1 is 1.09 bits per heavy atom. The number of piperidine rings is 2. The first-order valence-electron chi connectivity index (χ1n) is 11.7. The number of ether oxygens (including phenoxy) is 1. The largest absolute Gasteiger partial charge is 0.573 e. The second kappa shape index (κ2) is 9.44. The molecule has 2 aromatic heterocycles. The van der Waals surface area contributed by atoms with E-state index in [0.717, 1.165) is 43.9 Å². The summed E-state index contributed by atoms with van der Waals surface area (Å²) in [6.07, 6.45) is -0.407. The summed E-state index contributed by atoms with van der Waals surface area (Å²) in [5, 5.41) is 3.36. The highest BCUT2D eigenvalue weighted by atomic mass is 19.4. The Balaban J connectivity index is 1.28. The van der Waals surface area contributed by atoms with E-state index in [0.29, 0.717) is 42.7 Å². The molecular formula is C24H25F4N5O2. The van der Waals surface area contributed by atoms with Crippen molar-refractivity contribution in [1.29, 1.82) is 0 Å². The number of hydrogen-bond donors (Lipinski definition) is 2. The molecular weight excluding hydrogens is 466 g/mol. The second-order valence-electron chi connectivity index (χ2n) is 9.02. The van der Waals surface area contributed by atoms with Crippen molar-refractivity contribution in [3.63, 3.8) is 0 Å². The van der Waals surface area contributed by atoms with Gasteiger partial charge in [0.05, 0.1) is 11.7 Å². The molecule has 3 aromatic rings. The average molecular weight is 491 g/mol. The number of hydrogen-bond acceptors (Lipinski definition) is 5. The number of aromatic amines is 1. The van der Waals surface area contributed by atoms with Crippen LogP contribution < -0.4 is 10.1 Å². The van der Waals surface area contributed by atoms with Gasteiger partial charge in [0.15, 0.2) is 5.65 Å². The lowest BCUT2D eigenvalue weighted by atomic mass is 9.88. The van der Waals surface area contributed by atoms with Crippen molar-refractivity contribution in [2.75, 3.05) is 26.2 Å². The van der Waals surface area contributed by atoms with Crippen LogP contribution in [-0.2, 0) is 0 Å². The molecule has 2 N–H and O–H groups in total. The van der Waals surface area contributed by atoms with E-state index in [4.69, 9.17) is 0 Å². The fourth-order valence-corrected chi connectivity index (χ4v) is 5.00. The maximum absolute atomic E-state index is 14.9. The van der Waals surface area contributed by atoms with Crippen LogP contribution in [0.5, 0.6) is 5.75 Å². The summed E-state index contributed by atoms with van der Waals surface area (Å²) in [6.45, 7) is 2.61. The molecule has 2 aliphatic rings. The normalized spacial score (nSPS) is 19.8. The number of imidazole rings is 1. The quantitative estimate of drug-likeness (QED) is 0.526. The SMILES string of the molecule is O=C(c1ccc(OC(F)(F)F)cc1)N1CCC(c2c(F)cnc3nc(C4CCCNC4)[nH]c23)CC1. The lowest BCUT2D eigenvalue weighted by molar-refractivity contribution is -0.274. The fraction of sp³-hybridized carbons (Fsp3) is 0.458. The Morgan fingerprint density at radius 3 is 2.49 bits per heavy atom. The number of H-pyrrole nitrogens is 1. The fourth-order valence-electron chi connectivity index (χ4n) is 5.00. The number of alkyl halides is 3. The third kappa shape index (κ3) is 5.09. The number of rotatable bonds is 4. The van der Waals surface area contributed by atoms with Crippen LogP contribution in [0.25, 0.3) is 11.2 Å². The van der Waals surface area contributed by atoms with Gasteiger partial charge in [0.25, 0.3) is 5.91 Å². The number of carbonyl (C=O) groups excluding carboxylic acids is 1. The highest BCUT2D eigenvalue weighted by molar-refractivity contribution is 5.94. The van der Waals surface area contributed by atoms with E-state index in [1.165, 1.54) is 18.3 Å². The highest BCUT2D eigenvalue weighted by Gasteiger charge is 2.32. The first-order valence-corrected chi connectivity index (χ1v) is 11.7. The van der Waals surface area contributed by atoms with E-state index in [1.54, 1.807) is 4.90 Å². The maximum atomic E-state index is 14.9. The first-order chi connectivity index (χ1) is 16.8. The summed E-state index contributed by atoms with van der Waals surface area (Å²) >= 11 is 0. The molecule has 1 amide bonds. The average Bonchev–Trinajstić information content (AvgIpc) is 3.28. The number of fused-ring (bicyclic) bond motifs is 1. The Labute approximate surface area is 198 Å². The smallest absolute Gasteiger partial charge is 0.406 e. The van der Waals surface area contributed by atoms with Gasteiger partial charge in [-0.1, -0.05) is 0 Å². The van der Waals surface area contributed by atoms with Gasteiger partial charge in [-0.15, -0.1) is 13.2 Å². The Kier molecular flexibility index (Phi) is 6.35. The van der Waals surface area contributed by atoms with E-state index in [2.05, 4.69) is 25.0 Å². The lowest BCUT2D eigenvalue weighted by Crippen LogP contribution is -2.38. The zero-order valence-electron chi connectivity index (χ0n) is 18.9. The first kappa shape index (κ1) is 23.5. The highest BCUT2D eigenvalue weighted by Crippen LogP contribution is 2.35. The molecule has 2 saturated heterocycles. The zero-order chi connectivity index (χ0) is 24.6. The molecule has 11 heteroatoms. The van der Waals surface area contributed by atoms with Crippen molar-refractivity contribution in [3.05, 3.63) is 53.2 Å². The van der Waals surface area contributed by atoms with Crippen LogP contribution in [0.4, 0.5) is 17.6 Å². The molecule has 0 saturated carbocycles. The van der Waals surface area contributed by atoms with Crippen LogP contribution in [0.15, 0.2) is 30.5 Å². The van der Waals surface area contributed by atoms with E-state index in [1.807, 2.05) is 0 Å². The van der Waals surface area contributed by atoms with Crippen LogP contribution in [-0.4, -0.2) is 58.3 Å². The van der Waals surface area contributed by atoms with Gasteiger partial charge in [-0.25, -0.2) is 14.4 Å². The monoisotopic (exact) mass is 491 g/mol. The molecule has 1 atom stereocenters. The van der Waals surface area contributed by atoms with Crippen LogP contribution in [0.1, 0.15) is 59.3 Å². The van der Waals surface area contributed by atoms with Crippen molar-refractivity contribution < 1.29 is 27.1 Å². The van der Waals surface area contributed by atoms with E-state index >= 15 is 0 Å². The number of nitrogens with zero attached hydrogens (tertiary/aromatic N) is 3. The van der Waals surface area contributed by atoms with Crippen LogP contribution in [0.2, 0.25) is 0 Å². The number of nitrogens with one attached hydrogen (secondary N) is 2. The molecule has 0 spiro atoms. The molecule has 186 valence electrons. The molecule has 35 heavy (non-hydrogen) atoms. The number of aromatic nitrogens is 3. The molecule has 4 heterocycles. The van der Waals surface area contributed by atoms with Gasteiger partial charge < -0.3 is 19.9 Å². The molecule has 0 aliphatic carbocycles. The second-order valence-corrected chi connectivity index (χ2v) is 9.02. The summed E-state index contributed by atoms with van der Waals surface area (Å²) in [5.74, 6) is -0.105. The maximum Gasteiger partial charge on any atom is 0.573 e. The molecule has 0 bridgehead atoms. The molecule has 5 rings (SSSR count). The number of likely N-dealkylation sites (tertiary alicyclic amines) is 1. The predicted molar refractivity (Wildman–Crippen MR) is 120 cm³/mol. The summed E-state index contributed by atoms with van der Waals surface area (Å²) in [4.78, 5) is 26.6. The Hall–Kier alpha value is -3.21. The summed E-state index contributed by atoms with van der Waals surface area (Å²) < 4.78 is 55.8. The van der Waals surface area contributed by atoms with Crippen LogP contribution >= 0.6 is 0 Å². The molecule has 1 aromatic carbocycles. The van der Waals surface area contributed by atoms with Gasteiger partial charge in [0, 0.05) is 36.7 Å².